The molecule has 0 aliphatic rings. The number of anilines is 1. The number of aromatic nitrogens is 2. The maximum Gasteiger partial charge on any atom is 0.309 e. The molecule has 3 aromatic carbocycles. The van der Waals surface area contributed by atoms with Gasteiger partial charge in [-0.2, -0.15) is 9.78 Å². The quantitative estimate of drug-likeness (QED) is 0.268. The molecule has 0 fully saturated rings. The minimum atomic E-state index is -0.415. The first-order valence-corrected chi connectivity index (χ1v) is 12.2. The van der Waals surface area contributed by atoms with Gasteiger partial charge in [-0.05, 0) is 60.9 Å². The van der Waals surface area contributed by atoms with Crippen LogP contribution in [0.3, 0.4) is 0 Å². The number of nitrogens with one attached hydrogen (secondary N) is 1. The molecule has 0 bridgehead atoms. The van der Waals surface area contributed by atoms with Gasteiger partial charge in [-0.3, -0.25) is 9.59 Å². The van der Waals surface area contributed by atoms with Gasteiger partial charge in [0, 0.05) is 22.6 Å². The van der Waals surface area contributed by atoms with Gasteiger partial charge in [-0.1, -0.05) is 65.7 Å². The summed E-state index contributed by atoms with van der Waals surface area (Å²) in [6.45, 7) is 5.47. The van der Waals surface area contributed by atoms with Crippen molar-refractivity contribution < 1.29 is 14.3 Å². The lowest BCUT2D eigenvalue weighted by Crippen LogP contribution is -2.11. The summed E-state index contributed by atoms with van der Waals surface area (Å²) in [5.41, 5.74) is 5.56. The minimum Gasteiger partial charge on any atom is -0.407 e. The Kier molecular flexibility index (Phi) is 7.46. The van der Waals surface area contributed by atoms with Gasteiger partial charge in [-0.25, -0.2) is 0 Å². The topological polar surface area (TPSA) is 73.2 Å². The number of esters is 1. The van der Waals surface area contributed by atoms with Crippen LogP contribution in [-0.4, -0.2) is 21.7 Å². The van der Waals surface area contributed by atoms with E-state index in [4.69, 9.17) is 9.84 Å². The third-order valence-electron chi connectivity index (χ3n) is 5.50. The second kappa shape index (κ2) is 10.7. The molecule has 4 aromatic rings. The van der Waals surface area contributed by atoms with Crippen molar-refractivity contribution in [3.63, 3.8) is 0 Å². The fraction of sp³-hybridized carbons (Fsp3) is 0.179. The number of amides is 1. The lowest BCUT2D eigenvalue weighted by Gasteiger charge is -2.11. The van der Waals surface area contributed by atoms with Gasteiger partial charge < -0.3 is 10.1 Å². The third kappa shape index (κ3) is 5.52. The number of halogens is 1. The van der Waals surface area contributed by atoms with Crippen molar-refractivity contribution in [2.45, 2.75) is 33.6 Å². The Morgan fingerprint density at radius 1 is 1.03 bits per heavy atom. The van der Waals surface area contributed by atoms with Crippen LogP contribution in [0.2, 0.25) is 0 Å². The highest BCUT2D eigenvalue weighted by Crippen LogP contribution is 2.37. The molecule has 1 amide bonds. The SMILES string of the molecule is CCCc1nn(-c2ccccc2C)c(OC(C)=O)c1-c1ccc(NC(=O)c2cccc(Br)c2)cc1. The van der Waals surface area contributed by atoms with E-state index in [0.717, 1.165) is 45.4 Å². The number of hydrogen-bond acceptors (Lipinski definition) is 4. The zero-order valence-corrected chi connectivity index (χ0v) is 21.4. The Morgan fingerprint density at radius 2 is 1.77 bits per heavy atom. The van der Waals surface area contributed by atoms with Gasteiger partial charge in [-0.15, -0.1) is 0 Å². The Morgan fingerprint density at radius 3 is 2.43 bits per heavy atom. The fourth-order valence-electron chi connectivity index (χ4n) is 3.90. The Hall–Kier alpha value is -3.71. The molecule has 0 radical (unpaired) electrons. The molecular weight excluding hydrogens is 506 g/mol. The van der Waals surface area contributed by atoms with Crippen molar-refractivity contribution >= 4 is 33.5 Å². The van der Waals surface area contributed by atoms with E-state index in [2.05, 4.69) is 28.2 Å². The first kappa shape index (κ1) is 24.4. The molecule has 4 rings (SSSR count). The molecule has 1 heterocycles. The number of ether oxygens (including phenoxy) is 1. The van der Waals surface area contributed by atoms with Crippen LogP contribution in [0.4, 0.5) is 5.69 Å². The van der Waals surface area contributed by atoms with Crippen LogP contribution in [0.15, 0.2) is 77.3 Å². The average molecular weight is 532 g/mol. The number of rotatable bonds is 7. The van der Waals surface area contributed by atoms with Gasteiger partial charge >= 0.3 is 5.97 Å². The zero-order chi connectivity index (χ0) is 24.9. The summed E-state index contributed by atoms with van der Waals surface area (Å²) in [6.07, 6.45) is 1.61. The highest BCUT2D eigenvalue weighted by atomic mass is 79.9. The van der Waals surface area contributed by atoms with Crippen molar-refractivity contribution in [3.05, 3.63) is 94.1 Å². The lowest BCUT2D eigenvalue weighted by atomic mass is 10.0. The van der Waals surface area contributed by atoms with Gasteiger partial charge in [0.1, 0.15) is 0 Å². The van der Waals surface area contributed by atoms with Crippen LogP contribution in [0.5, 0.6) is 5.88 Å². The van der Waals surface area contributed by atoms with E-state index < -0.39 is 5.97 Å². The normalized spacial score (nSPS) is 10.7. The number of benzene rings is 3. The molecule has 0 spiro atoms. The van der Waals surface area contributed by atoms with E-state index in [-0.39, 0.29) is 5.91 Å². The number of carbonyl (C=O) groups is 2. The smallest absolute Gasteiger partial charge is 0.309 e. The summed E-state index contributed by atoms with van der Waals surface area (Å²) in [6, 6.07) is 22.6. The van der Waals surface area contributed by atoms with E-state index in [0.29, 0.717) is 17.1 Å². The number of carbonyl (C=O) groups excluding carboxylic acids is 2. The second-order valence-corrected chi connectivity index (χ2v) is 9.13. The molecule has 6 nitrogen and oxygen atoms in total. The first-order chi connectivity index (χ1) is 16.9. The number of nitrogens with zero attached hydrogens (tertiary/aromatic N) is 2. The molecule has 0 atom stereocenters. The van der Waals surface area contributed by atoms with Crippen molar-refractivity contribution in [1.29, 1.82) is 0 Å². The number of aryl methyl sites for hydroxylation is 2. The number of para-hydroxylation sites is 1. The van der Waals surface area contributed by atoms with Crippen molar-refractivity contribution in [3.8, 4) is 22.7 Å². The van der Waals surface area contributed by atoms with Gasteiger partial charge in [0.15, 0.2) is 0 Å². The summed E-state index contributed by atoms with van der Waals surface area (Å²) in [7, 11) is 0. The van der Waals surface area contributed by atoms with Gasteiger partial charge in [0.25, 0.3) is 5.91 Å². The van der Waals surface area contributed by atoms with Crippen LogP contribution in [-0.2, 0) is 11.2 Å². The fourth-order valence-corrected chi connectivity index (χ4v) is 4.29. The zero-order valence-electron chi connectivity index (χ0n) is 19.8. The van der Waals surface area contributed by atoms with E-state index in [1.54, 1.807) is 16.8 Å². The Labute approximate surface area is 213 Å². The van der Waals surface area contributed by atoms with E-state index in [1.807, 2.05) is 67.6 Å². The maximum atomic E-state index is 12.6. The van der Waals surface area contributed by atoms with Crippen molar-refractivity contribution in [2.24, 2.45) is 0 Å². The molecule has 178 valence electrons. The molecule has 1 N–H and O–H groups in total. The Balaban J connectivity index is 1.73. The monoisotopic (exact) mass is 531 g/mol. The van der Waals surface area contributed by atoms with Crippen LogP contribution >= 0.6 is 15.9 Å². The van der Waals surface area contributed by atoms with Crippen LogP contribution in [0, 0.1) is 6.92 Å². The summed E-state index contributed by atoms with van der Waals surface area (Å²) < 4.78 is 8.27. The van der Waals surface area contributed by atoms with Gasteiger partial charge in [0.2, 0.25) is 5.88 Å². The lowest BCUT2D eigenvalue weighted by molar-refractivity contribution is -0.132. The van der Waals surface area contributed by atoms with Crippen LogP contribution in [0.1, 0.15) is 41.9 Å². The molecular formula is C28H26BrN3O3. The molecule has 0 aliphatic carbocycles. The van der Waals surface area contributed by atoms with Crippen LogP contribution < -0.4 is 10.1 Å². The Bertz CT molecular complexity index is 1380. The highest BCUT2D eigenvalue weighted by Gasteiger charge is 2.23. The molecule has 0 unspecified atom stereocenters. The third-order valence-corrected chi connectivity index (χ3v) is 6.00. The molecule has 35 heavy (non-hydrogen) atoms. The van der Waals surface area contributed by atoms with E-state index in [9.17, 15) is 9.59 Å². The summed E-state index contributed by atoms with van der Waals surface area (Å²) in [5.74, 6) is -0.221. The minimum absolute atomic E-state index is 0.196. The summed E-state index contributed by atoms with van der Waals surface area (Å²) in [5, 5.41) is 7.77. The molecule has 0 saturated heterocycles. The second-order valence-electron chi connectivity index (χ2n) is 8.21. The first-order valence-electron chi connectivity index (χ1n) is 11.4. The highest BCUT2D eigenvalue weighted by molar-refractivity contribution is 9.10. The molecule has 0 aliphatic heterocycles. The maximum absolute atomic E-state index is 12.6. The molecule has 0 saturated carbocycles. The predicted octanol–water partition coefficient (Wildman–Crippen LogP) is 6.74. The largest absolute Gasteiger partial charge is 0.407 e. The van der Waals surface area contributed by atoms with Crippen molar-refractivity contribution in [2.75, 3.05) is 5.32 Å². The summed E-state index contributed by atoms with van der Waals surface area (Å²) in [4.78, 5) is 24.7. The van der Waals surface area contributed by atoms with Gasteiger partial charge in [0.05, 0.1) is 16.9 Å². The van der Waals surface area contributed by atoms with Crippen molar-refractivity contribution in [1.82, 2.24) is 9.78 Å². The number of hydrogen-bond donors (Lipinski definition) is 1. The molecule has 7 heteroatoms. The predicted molar refractivity (Wildman–Crippen MR) is 141 cm³/mol. The molecule has 1 aromatic heterocycles. The van der Waals surface area contributed by atoms with E-state index >= 15 is 0 Å². The van der Waals surface area contributed by atoms with Crippen LogP contribution in [0.25, 0.3) is 16.8 Å². The average Bonchev–Trinajstić information content (AvgIpc) is 3.17. The summed E-state index contributed by atoms with van der Waals surface area (Å²) >= 11 is 3.39. The van der Waals surface area contributed by atoms with E-state index in [1.165, 1.54) is 6.92 Å². The standard InChI is InChI=1S/C28H26BrN3O3/c1-4-8-24-26(28(35-19(3)33)32(31-24)25-12-6-5-9-18(25)2)20-13-15-23(16-14-20)30-27(34)21-10-7-11-22(29)17-21/h5-7,9-17H,4,8H2,1-3H3,(H,30,34).